The largest absolute Gasteiger partial charge is 0.369 e. The fourth-order valence-corrected chi connectivity index (χ4v) is 3.67. The van der Waals surface area contributed by atoms with Gasteiger partial charge >= 0.3 is 0 Å². The van der Waals surface area contributed by atoms with E-state index >= 15 is 0 Å². The lowest BCUT2D eigenvalue weighted by Crippen LogP contribution is -2.39. The van der Waals surface area contributed by atoms with Gasteiger partial charge in [0.1, 0.15) is 5.82 Å². The van der Waals surface area contributed by atoms with E-state index < -0.39 is 5.92 Å². The first-order valence-electron chi connectivity index (χ1n) is 8.61. The lowest BCUT2D eigenvalue weighted by molar-refractivity contribution is -0.134. The van der Waals surface area contributed by atoms with Gasteiger partial charge in [0, 0.05) is 19.5 Å². The van der Waals surface area contributed by atoms with Crippen LogP contribution in [-0.4, -0.2) is 38.5 Å². The van der Waals surface area contributed by atoms with Crippen LogP contribution >= 0.6 is 0 Å². The molecule has 2 aliphatic rings. The normalized spacial score (nSPS) is 22.6. The van der Waals surface area contributed by atoms with Crippen molar-refractivity contribution in [2.24, 2.45) is 5.92 Å². The molecule has 2 N–H and O–H groups in total. The highest BCUT2D eigenvalue weighted by Gasteiger charge is 2.29. The predicted molar refractivity (Wildman–Crippen MR) is 90.4 cm³/mol. The summed E-state index contributed by atoms with van der Waals surface area (Å²) in [4.78, 5) is 25.2. The fourth-order valence-electron chi connectivity index (χ4n) is 3.67. The molecule has 2 fully saturated rings. The van der Waals surface area contributed by atoms with Crippen LogP contribution in [0.1, 0.15) is 37.2 Å². The fraction of sp³-hybridized carbons (Fsp3) is 0.556. The van der Waals surface area contributed by atoms with Crippen molar-refractivity contribution in [3.05, 3.63) is 29.6 Å². The van der Waals surface area contributed by atoms with E-state index in [1.165, 1.54) is 6.07 Å². The summed E-state index contributed by atoms with van der Waals surface area (Å²) in [5.41, 5.74) is 1.25. The Labute approximate surface area is 141 Å². The third-order valence-electron chi connectivity index (χ3n) is 5.06. The summed E-state index contributed by atoms with van der Waals surface area (Å²) in [7, 11) is 1.96. The van der Waals surface area contributed by atoms with Crippen LogP contribution in [0.5, 0.6) is 0 Å². The van der Waals surface area contributed by atoms with Gasteiger partial charge in [-0.1, -0.05) is 6.07 Å². The summed E-state index contributed by atoms with van der Waals surface area (Å²) in [5.74, 6) is -0.655. The Morgan fingerprint density at radius 3 is 2.62 bits per heavy atom. The highest BCUT2D eigenvalue weighted by Crippen LogP contribution is 2.30. The third-order valence-corrected chi connectivity index (χ3v) is 5.06. The van der Waals surface area contributed by atoms with Crippen molar-refractivity contribution < 1.29 is 14.0 Å². The zero-order valence-electron chi connectivity index (χ0n) is 14.0. The molecule has 130 valence electrons. The van der Waals surface area contributed by atoms with Gasteiger partial charge in [-0.25, -0.2) is 4.39 Å². The van der Waals surface area contributed by atoms with Crippen LogP contribution in [0.25, 0.3) is 0 Å². The van der Waals surface area contributed by atoms with Crippen molar-refractivity contribution in [1.82, 2.24) is 10.6 Å². The van der Waals surface area contributed by atoms with Crippen LogP contribution in [0.15, 0.2) is 18.2 Å². The van der Waals surface area contributed by atoms with Crippen molar-refractivity contribution in [3.63, 3.8) is 0 Å². The van der Waals surface area contributed by atoms with E-state index in [9.17, 15) is 14.0 Å². The average Bonchev–Trinajstić information content (AvgIpc) is 2.56. The minimum absolute atomic E-state index is 0.252. The molecule has 3 rings (SSSR count). The van der Waals surface area contributed by atoms with Gasteiger partial charge in [0.05, 0.1) is 11.6 Å². The number of carbonyl (C=O) groups is 2. The number of imide groups is 1. The molecule has 0 radical (unpaired) electrons. The quantitative estimate of drug-likeness (QED) is 0.825. The Hall–Kier alpha value is -1.95. The summed E-state index contributed by atoms with van der Waals surface area (Å²) in [6.07, 6.45) is 2.85. The Morgan fingerprint density at radius 2 is 2.00 bits per heavy atom. The first-order chi connectivity index (χ1) is 11.6. The zero-order valence-corrected chi connectivity index (χ0v) is 14.0. The highest BCUT2D eigenvalue weighted by atomic mass is 19.1. The summed E-state index contributed by atoms with van der Waals surface area (Å²) in [5, 5.41) is 5.53. The molecular weight excluding hydrogens is 309 g/mol. The van der Waals surface area contributed by atoms with Crippen LogP contribution in [0.2, 0.25) is 0 Å². The van der Waals surface area contributed by atoms with Crippen molar-refractivity contribution in [1.29, 1.82) is 0 Å². The Morgan fingerprint density at radius 1 is 1.25 bits per heavy atom. The molecule has 1 aromatic carbocycles. The molecule has 2 heterocycles. The molecule has 1 aromatic rings. The summed E-state index contributed by atoms with van der Waals surface area (Å²) in [6, 6.07) is 5.04. The van der Waals surface area contributed by atoms with Crippen molar-refractivity contribution in [2.45, 2.75) is 31.6 Å². The highest BCUT2D eigenvalue weighted by molar-refractivity contribution is 6.00. The monoisotopic (exact) mass is 333 g/mol. The first kappa shape index (κ1) is 16.9. The number of hydrogen-bond acceptors (Lipinski definition) is 4. The standard InChI is InChI=1S/C18H24FN3O2/c1-20-11-12-6-8-22(9-7-12)16-4-2-13(10-15(16)19)14-3-5-17(23)21-18(14)24/h2,4,10,12,14,20H,3,5-9,11H2,1H3,(H,21,23,24). The number of amides is 2. The SMILES string of the molecule is CNCC1CCN(c2ccc(C3CCC(=O)NC3=O)cc2F)CC1. The van der Waals surface area contributed by atoms with Crippen LogP contribution in [0.3, 0.4) is 0 Å². The molecule has 6 heteroatoms. The smallest absolute Gasteiger partial charge is 0.234 e. The van der Waals surface area contributed by atoms with Crippen LogP contribution in [-0.2, 0) is 9.59 Å². The molecule has 24 heavy (non-hydrogen) atoms. The third kappa shape index (κ3) is 3.59. The van der Waals surface area contributed by atoms with Gasteiger partial charge in [0.25, 0.3) is 0 Å². The van der Waals surface area contributed by atoms with Crippen molar-refractivity contribution in [3.8, 4) is 0 Å². The second-order valence-corrected chi connectivity index (χ2v) is 6.70. The van der Waals surface area contributed by atoms with E-state index in [0.29, 0.717) is 30.0 Å². The molecular formula is C18H24FN3O2. The van der Waals surface area contributed by atoms with E-state index in [1.807, 2.05) is 13.1 Å². The Kier molecular flexibility index (Phi) is 5.14. The molecule has 0 saturated carbocycles. The minimum atomic E-state index is -0.437. The number of anilines is 1. The van der Waals surface area contributed by atoms with Crippen LogP contribution < -0.4 is 15.5 Å². The van der Waals surface area contributed by atoms with Crippen molar-refractivity contribution in [2.75, 3.05) is 31.6 Å². The average molecular weight is 333 g/mol. The molecule has 0 aromatic heterocycles. The number of carbonyl (C=O) groups excluding carboxylic acids is 2. The zero-order chi connectivity index (χ0) is 17.1. The second-order valence-electron chi connectivity index (χ2n) is 6.70. The summed E-state index contributed by atoms with van der Waals surface area (Å²) in [6.45, 7) is 2.70. The lowest BCUT2D eigenvalue weighted by atomic mass is 9.90. The van der Waals surface area contributed by atoms with Crippen LogP contribution in [0, 0.1) is 11.7 Å². The molecule has 0 spiro atoms. The maximum absolute atomic E-state index is 14.6. The van der Waals surface area contributed by atoms with Gasteiger partial charge in [0.15, 0.2) is 0 Å². The Bertz CT molecular complexity index is 627. The molecule has 5 nitrogen and oxygen atoms in total. The van der Waals surface area contributed by atoms with Gasteiger partial charge in [-0.2, -0.15) is 0 Å². The number of rotatable bonds is 4. The van der Waals surface area contributed by atoms with Gasteiger partial charge in [-0.15, -0.1) is 0 Å². The molecule has 2 aliphatic heterocycles. The maximum Gasteiger partial charge on any atom is 0.234 e. The first-order valence-corrected chi connectivity index (χ1v) is 8.61. The predicted octanol–water partition coefficient (Wildman–Crippen LogP) is 1.78. The van der Waals surface area contributed by atoms with Gasteiger partial charge in [-0.05, 0) is 56.5 Å². The molecule has 0 aliphatic carbocycles. The van der Waals surface area contributed by atoms with E-state index in [0.717, 1.165) is 32.5 Å². The summed E-state index contributed by atoms with van der Waals surface area (Å²) >= 11 is 0. The molecule has 2 saturated heterocycles. The molecule has 1 unspecified atom stereocenters. The number of piperidine rings is 2. The van der Waals surface area contributed by atoms with E-state index in [4.69, 9.17) is 0 Å². The van der Waals surface area contributed by atoms with Crippen molar-refractivity contribution >= 4 is 17.5 Å². The lowest BCUT2D eigenvalue weighted by Gasteiger charge is -2.34. The number of hydrogen-bond donors (Lipinski definition) is 2. The molecule has 2 amide bonds. The number of benzene rings is 1. The minimum Gasteiger partial charge on any atom is -0.369 e. The number of nitrogens with one attached hydrogen (secondary N) is 2. The molecule has 1 atom stereocenters. The number of halogens is 1. The van der Waals surface area contributed by atoms with Gasteiger partial charge in [0.2, 0.25) is 11.8 Å². The Balaban J connectivity index is 1.69. The number of nitrogens with zero attached hydrogens (tertiary/aromatic N) is 1. The topological polar surface area (TPSA) is 61.4 Å². The van der Waals surface area contributed by atoms with Gasteiger partial charge in [-0.3, -0.25) is 14.9 Å². The van der Waals surface area contributed by atoms with Gasteiger partial charge < -0.3 is 10.2 Å². The van der Waals surface area contributed by atoms with E-state index in [-0.39, 0.29) is 17.6 Å². The summed E-state index contributed by atoms with van der Waals surface area (Å²) < 4.78 is 14.6. The van der Waals surface area contributed by atoms with E-state index in [2.05, 4.69) is 15.5 Å². The second kappa shape index (κ2) is 7.30. The van der Waals surface area contributed by atoms with E-state index in [1.54, 1.807) is 6.07 Å². The maximum atomic E-state index is 14.6. The molecule has 0 bridgehead atoms. The van der Waals surface area contributed by atoms with Crippen LogP contribution in [0.4, 0.5) is 10.1 Å².